The second-order valence-corrected chi connectivity index (χ2v) is 10.5. The zero-order valence-corrected chi connectivity index (χ0v) is 23.0. The van der Waals surface area contributed by atoms with Crippen molar-refractivity contribution in [3.63, 3.8) is 0 Å². The first-order valence-electron chi connectivity index (χ1n) is 13.2. The van der Waals surface area contributed by atoms with E-state index in [0.29, 0.717) is 48.8 Å². The third kappa shape index (κ3) is 6.94. The number of benzene rings is 3. The van der Waals surface area contributed by atoms with E-state index in [2.05, 4.69) is 4.90 Å². The number of ether oxygens (including phenoxy) is 2. The van der Waals surface area contributed by atoms with Crippen molar-refractivity contribution in [2.45, 2.75) is 38.5 Å². The van der Waals surface area contributed by atoms with Crippen LogP contribution in [0.3, 0.4) is 0 Å². The average Bonchev–Trinajstić information content (AvgIpc) is 3.33. The lowest BCUT2D eigenvalue weighted by atomic mass is 9.87. The highest BCUT2D eigenvalue weighted by atomic mass is 19.4. The van der Waals surface area contributed by atoms with E-state index in [0.717, 1.165) is 11.6 Å². The fraction of sp³-hybridized carbons (Fsp3) is 0.387. The number of methoxy groups -OCH3 is 2. The minimum Gasteiger partial charge on any atom is -0.497 e. The van der Waals surface area contributed by atoms with Gasteiger partial charge < -0.3 is 14.4 Å². The van der Waals surface area contributed by atoms with E-state index >= 15 is 0 Å². The molecule has 0 aliphatic carbocycles. The predicted octanol–water partition coefficient (Wildman–Crippen LogP) is 6.63. The topological polar surface area (TPSA) is 42.0 Å². The van der Waals surface area contributed by atoms with Gasteiger partial charge in [0.2, 0.25) is 0 Å². The summed E-state index contributed by atoms with van der Waals surface area (Å²) in [6, 6.07) is 16.3. The molecule has 2 atom stereocenters. The number of rotatable bonds is 9. The number of hydrogen-bond donors (Lipinski definition) is 0. The molecule has 1 fully saturated rings. The van der Waals surface area contributed by atoms with Crippen molar-refractivity contribution in [2.75, 3.05) is 33.9 Å². The van der Waals surface area contributed by atoms with Crippen molar-refractivity contribution in [3.05, 3.63) is 94.8 Å². The van der Waals surface area contributed by atoms with Gasteiger partial charge in [0.1, 0.15) is 17.3 Å². The third-order valence-corrected chi connectivity index (χ3v) is 7.38. The van der Waals surface area contributed by atoms with Gasteiger partial charge in [0.25, 0.3) is 5.91 Å². The lowest BCUT2D eigenvalue weighted by Crippen LogP contribution is -2.42. The summed E-state index contributed by atoms with van der Waals surface area (Å²) in [7, 11) is 3.15. The van der Waals surface area contributed by atoms with Crippen LogP contribution in [0.2, 0.25) is 0 Å². The molecular formula is C31H34F4N2O3. The van der Waals surface area contributed by atoms with Crippen molar-refractivity contribution in [3.8, 4) is 11.5 Å². The number of alkyl halides is 3. The number of nitrogens with zero attached hydrogens (tertiary/aromatic N) is 2. The summed E-state index contributed by atoms with van der Waals surface area (Å²) in [4.78, 5) is 17.3. The molecule has 9 heteroatoms. The Morgan fingerprint density at radius 1 is 0.975 bits per heavy atom. The van der Waals surface area contributed by atoms with Gasteiger partial charge in [-0.05, 0) is 73.4 Å². The second-order valence-electron chi connectivity index (χ2n) is 10.5. The molecule has 0 bridgehead atoms. The molecule has 5 nitrogen and oxygen atoms in total. The highest BCUT2D eigenvalue weighted by Crippen LogP contribution is 2.38. The smallest absolute Gasteiger partial charge is 0.416 e. The van der Waals surface area contributed by atoms with Crippen LogP contribution < -0.4 is 9.47 Å². The van der Waals surface area contributed by atoms with Crippen LogP contribution in [-0.4, -0.2) is 55.6 Å². The SMILES string of the molecule is COc1cc(CN2C[C@@H](CN(C(=O)c3ccc(F)cc3)C(C)C)[C@H](c3cccc(C(F)(F)F)c3)C2)cc(OC)c1. The van der Waals surface area contributed by atoms with E-state index in [1.165, 1.54) is 36.4 Å². The first-order chi connectivity index (χ1) is 19.0. The van der Waals surface area contributed by atoms with Crippen LogP contribution in [0.15, 0.2) is 66.7 Å². The molecule has 1 aliphatic rings. The minimum absolute atomic E-state index is 0.136. The van der Waals surface area contributed by atoms with E-state index in [-0.39, 0.29) is 23.8 Å². The van der Waals surface area contributed by atoms with Gasteiger partial charge in [-0.15, -0.1) is 0 Å². The van der Waals surface area contributed by atoms with Crippen LogP contribution in [0.4, 0.5) is 17.6 Å². The van der Waals surface area contributed by atoms with Gasteiger partial charge in [-0.2, -0.15) is 13.2 Å². The highest BCUT2D eigenvalue weighted by Gasteiger charge is 2.38. The average molecular weight is 559 g/mol. The summed E-state index contributed by atoms with van der Waals surface area (Å²) in [6.07, 6.45) is -4.45. The summed E-state index contributed by atoms with van der Waals surface area (Å²) in [5.74, 6) is 0.248. The Bertz CT molecular complexity index is 1290. The molecular weight excluding hydrogens is 524 g/mol. The number of carbonyl (C=O) groups excluding carboxylic acids is 1. The summed E-state index contributed by atoms with van der Waals surface area (Å²) in [6.45, 7) is 5.76. The molecule has 3 aromatic rings. The molecule has 0 radical (unpaired) electrons. The Morgan fingerprint density at radius 2 is 1.62 bits per heavy atom. The standard InChI is InChI=1S/C31H34F4N2O3/c1-20(2)37(30(38)22-8-10-26(32)11-9-22)18-24-17-36(16-21-12-27(39-3)15-28(13-21)40-4)19-29(24)23-6-5-7-25(14-23)31(33,34)35/h5-15,20,24,29H,16-19H2,1-4H3/t24-,29-/m0/s1. The van der Waals surface area contributed by atoms with E-state index in [9.17, 15) is 22.4 Å². The van der Waals surface area contributed by atoms with Crippen molar-refractivity contribution < 1.29 is 31.8 Å². The lowest BCUT2D eigenvalue weighted by Gasteiger charge is -2.32. The monoisotopic (exact) mass is 558 g/mol. The van der Waals surface area contributed by atoms with Crippen LogP contribution in [-0.2, 0) is 12.7 Å². The maximum absolute atomic E-state index is 13.6. The van der Waals surface area contributed by atoms with Gasteiger partial charge in [-0.1, -0.05) is 18.2 Å². The van der Waals surface area contributed by atoms with Gasteiger partial charge in [-0.3, -0.25) is 9.69 Å². The second kappa shape index (κ2) is 12.3. The summed E-state index contributed by atoms with van der Waals surface area (Å²) >= 11 is 0. The molecule has 0 spiro atoms. The van der Waals surface area contributed by atoms with Gasteiger partial charge in [0, 0.05) is 49.8 Å². The molecule has 4 rings (SSSR count). The quantitative estimate of drug-likeness (QED) is 0.277. The largest absolute Gasteiger partial charge is 0.497 e. The molecule has 1 saturated heterocycles. The number of amides is 1. The number of likely N-dealkylation sites (tertiary alicyclic amines) is 1. The Labute approximate surface area is 232 Å². The normalized spacial score (nSPS) is 17.7. The van der Waals surface area contributed by atoms with Crippen LogP contribution in [0.5, 0.6) is 11.5 Å². The van der Waals surface area contributed by atoms with Gasteiger partial charge in [-0.25, -0.2) is 4.39 Å². The van der Waals surface area contributed by atoms with Gasteiger partial charge in [0.15, 0.2) is 0 Å². The molecule has 0 unspecified atom stereocenters. The van der Waals surface area contributed by atoms with Gasteiger partial charge in [0.05, 0.1) is 19.8 Å². The molecule has 214 valence electrons. The lowest BCUT2D eigenvalue weighted by molar-refractivity contribution is -0.137. The van der Waals surface area contributed by atoms with Crippen LogP contribution in [0.25, 0.3) is 0 Å². The zero-order chi connectivity index (χ0) is 29.0. The van der Waals surface area contributed by atoms with Crippen molar-refractivity contribution in [2.24, 2.45) is 5.92 Å². The highest BCUT2D eigenvalue weighted by molar-refractivity contribution is 5.94. The minimum atomic E-state index is -4.45. The van der Waals surface area contributed by atoms with Crippen LogP contribution in [0.1, 0.15) is 46.8 Å². The van der Waals surface area contributed by atoms with E-state index < -0.39 is 17.6 Å². The molecule has 0 aromatic heterocycles. The number of carbonyl (C=O) groups is 1. The molecule has 1 aliphatic heterocycles. The Kier molecular flexibility index (Phi) is 9.03. The van der Waals surface area contributed by atoms with E-state index in [1.807, 2.05) is 26.0 Å². The summed E-state index contributed by atoms with van der Waals surface area (Å²) in [5.41, 5.74) is 1.21. The first-order valence-corrected chi connectivity index (χ1v) is 13.2. The Hall–Kier alpha value is -3.59. The Balaban J connectivity index is 1.64. The molecule has 1 heterocycles. The molecule has 40 heavy (non-hydrogen) atoms. The van der Waals surface area contributed by atoms with Crippen LogP contribution in [0, 0.1) is 11.7 Å². The maximum atomic E-state index is 13.6. The predicted molar refractivity (Wildman–Crippen MR) is 145 cm³/mol. The third-order valence-electron chi connectivity index (χ3n) is 7.38. The number of halogens is 4. The number of hydrogen-bond acceptors (Lipinski definition) is 4. The van der Waals surface area contributed by atoms with Crippen molar-refractivity contribution in [1.82, 2.24) is 9.80 Å². The molecule has 0 saturated carbocycles. The maximum Gasteiger partial charge on any atom is 0.416 e. The van der Waals surface area contributed by atoms with Crippen molar-refractivity contribution in [1.29, 1.82) is 0 Å². The molecule has 0 N–H and O–H groups in total. The summed E-state index contributed by atoms with van der Waals surface area (Å²) < 4.78 is 65.0. The molecule has 1 amide bonds. The zero-order valence-electron chi connectivity index (χ0n) is 23.0. The Morgan fingerprint density at radius 3 is 2.20 bits per heavy atom. The van der Waals surface area contributed by atoms with E-state index in [1.54, 1.807) is 31.3 Å². The fourth-order valence-corrected chi connectivity index (χ4v) is 5.35. The first kappa shape index (κ1) is 29.4. The van der Waals surface area contributed by atoms with E-state index in [4.69, 9.17) is 9.47 Å². The van der Waals surface area contributed by atoms with Gasteiger partial charge >= 0.3 is 6.18 Å². The fourth-order valence-electron chi connectivity index (χ4n) is 5.35. The van der Waals surface area contributed by atoms with Crippen molar-refractivity contribution >= 4 is 5.91 Å². The summed E-state index contributed by atoms with van der Waals surface area (Å²) in [5, 5.41) is 0. The molecule has 3 aromatic carbocycles. The van der Waals surface area contributed by atoms with Crippen LogP contribution >= 0.6 is 0 Å².